The Morgan fingerprint density at radius 3 is 2.32 bits per heavy atom. The van der Waals surface area contributed by atoms with E-state index in [0.717, 1.165) is 16.8 Å². The summed E-state index contributed by atoms with van der Waals surface area (Å²) in [6.07, 6.45) is 0. The minimum Gasteiger partial charge on any atom is -0.398 e. The molecule has 0 atom stereocenters. The summed E-state index contributed by atoms with van der Waals surface area (Å²) in [5.74, 6) is -0.347. The Balaban J connectivity index is 0.00000190. The van der Waals surface area contributed by atoms with E-state index < -0.39 is 0 Å². The van der Waals surface area contributed by atoms with Gasteiger partial charge in [0.2, 0.25) is 0 Å². The lowest BCUT2D eigenvalue weighted by molar-refractivity contribution is -0.114. The van der Waals surface area contributed by atoms with Gasteiger partial charge in [-0.1, -0.05) is 72.2 Å². The molecule has 1 N–H and O–H groups in total. The highest BCUT2D eigenvalue weighted by Crippen LogP contribution is 2.14. The molecule has 0 aromatic heterocycles. The molecule has 0 fully saturated rings. The number of amides is 1. The highest BCUT2D eigenvalue weighted by molar-refractivity contribution is 6.45. The second-order valence-corrected chi connectivity index (χ2v) is 5.75. The van der Waals surface area contributed by atoms with E-state index in [1.165, 1.54) is 14.2 Å². The van der Waals surface area contributed by atoms with Gasteiger partial charge in [-0.05, 0) is 24.6 Å². The van der Waals surface area contributed by atoms with Crippen molar-refractivity contribution in [1.29, 1.82) is 0 Å². The van der Waals surface area contributed by atoms with Crippen molar-refractivity contribution in [1.82, 2.24) is 5.32 Å². The van der Waals surface area contributed by atoms with E-state index in [4.69, 9.17) is 21.3 Å². The zero-order chi connectivity index (χ0) is 20.9. The standard InChI is InChI=1S/C19H20ClN3O3.C2H6/c1-13(14-8-10-16(20)11-9-14)22-26-12-15-6-4-5-7-17(15)18(23-25-3)19(24)21-2;1-2/h4-11H,12H2,1-3H3,(H,21,24);1-2H3/b22-13+,23-18+;. The molecule has 150 valence electrons. The predicted octanol–water partition coefficient (Wildman–Crippen LogP) is 4.40. The third-order valence-corrected chi connectivity index (χ3v) is 3.83. The molecule has 1 amide bonds. The van der Waals surface area contributed by atoms with Gasteiger partial charge in [0.25, 0.3) is 5.91 Å². The topological polar surface area (TPSA) is 72.3 Å². The number of benzene rings is 2. The summed E-state index contributed by atoms with van der Waals surface area (Å²) in [6.45, 7) is 6.03. The van der Waals surface area contributed by atoms with Crippen LogP contribution in [-0.2, 0) is 21.1 Å². The van der Waals surface area contributed by atoms with Gasteiger partial charge in [0.1, 0.15) is 13.7 Å². The molecule has 7 heteroatoms. The van der Waals surface area contributed by atoms with Crippen LogP contribution in [0.5, 0.6) is 0 Å². The summed E-state index contributed by atoms with van der Waals surface area (Å²) in [5, 5.41) is 11.2. The second kappa shape index (κ2) is 12.5. The van der Waals surface area contributed by atoms with Crippen LogP contribution < -0.4 is 5.32 Å². The molecule has 0 saturated carbocycles. The van der Waals surface area contributed by atoms with Crippen molar-refractivity contribution >= 4 is 28.9 Å². The summed E-state index contributed by atoms with van der Waals surface area (Å²) in [7, 11) is 2.92. The molecule has 28 heavy (non-hydrogen) atoms. The van der Waals surface area contributed by atoms with Gasteiger partial charge in [0.05, 0.1) is 5.71 Å². The average molecular weight is 404 g/mol. The second-order valence-electron chi connectivity index (χ2n) is 5.32. The third kappa shape index (κ3) is 6.70. The maximum Gasteiger partial charge on any atom is 0.273 e. The molecule has 0 spiro atoms. The van der Waals surface area contributed by atoms with Gasteiger partial charge in [-0.3, -0.25) is 4.79 Å². The molecular weight excluding hydrogens is 378 g/mol. The summed E-state index contributed by atoms with van der Waals surface area (Å²) in [6, 6.07) is 14.6. The van der Waals surface area contributed by atoms with Crippen molar-refractivity contribution in [2.45, 2.75) is 27.4 Å². The van der Waals surface area contributed by atoms with Crippen molar-refractivity contribution in [2.75, 3.05) is 14.2 Å². The highest BCUT2D eigenvalue weighted by Gasteiger charge is 2.17. The van der Waals surface area contributed by atoms with Crippen LogP contribution in [0.15, 0.2) is 58.8 Å². The lowest BCUT2D eigenvalue weighted by Crippen LogP contribution is -2.29. The van der Waals surface area contributed by atoms with Crippen LogP contribution in [0.25, 0.3) is 0 Å². The van der Waals surface area contributed by atoms with Crippen LogP contribution in [0.2, 0.25) is 5.02 Å². The van der Waals surface area contributed by atoms with Crippen LogP contribution in [0.1, 0.15) is 37.5 Å². The van der Waals surface area contributed by atoms with E-state index in [2.05, 4.69) is 15.6 Å². The average Bonchev–Trinajstić information content (AvgIpc) is 2.74. The molecule has 0 bridgehead atoms. The maximum absolute atomic E-state index is 12.0. The van der Waals surface area contributed by atoms with E-state index in [1.807, 2.05) is 51.1 Å². The van der Waals surface area contributed by atoms with Crippen molar-refractivity contribution in [3.63, 3.8) is 0 Å². The molecule has 0 heterocycles. The Morgan fingerprint density at radius 2 is 1.71 bits per heavy atom. The van der Waals surface area contributed by atoms with Crippen molar-refractivity contribution in [3.05, 3.63) is 70.2 Å². The fraction of sp³-hybridized carbons (Fsp3) is 0.286. The first kappa shape index (κ1) is 23.2. The molecule has 0 saturated heterocycles. The summed E-state index contributed by atoms with van der Waals surface area (Å²) < 4.78 is 0. The Morgan fingerprint density at radius 1 is 1.07 bits per heavy atom. The van der Waals surface area contributed by atoms with E-state index in [-0.39, 0.29) is 18.2 Å². The van der Waals surface area contributed by atoms with E-state index >= 15 is 0 Å². The number of hydrogen-bond donors (Lipinski definition) is 1. The molecule has 2 aromatic rings. The van der Waals surface area contributed by atoms with Crippen LogP contribution in [-0.4, -0.2) is 31.5 Å². The Hall–Kier alpha value is -2.86. The van der Waals surface area contributed by atoms with Crippen molar-refractivity contribution in [3.8, 4) is 0 Å². The number of carbonyl (C=O) groups excluding carboxylic acids is 1. The minimum absolute atomic E-state index is 0.174. The molecule has 0 unspecified atom stereocenters. The van der Waals surface area contributed by atoms with Gasteiger partial charge in [0.15, 0.2) is 5.71 Å². The van der Waals surface area contributed by atoms with Crippen LogP contribution in [0.3, 0.4) is 0 Å². The molecule has 2 aromatic carbocycles. The Bertz CT molecular complexity index is 818. The predicted molar refractivity (Wildman–Crippen MR) is 114 cm³/mol. The van der Waals surface area contributed by atoms with Crippen LogP contribution in [0.4, 0.5) is 0 Å². The fourth-order valence-electron chi connectivity index (χ4n) is 2.24. The minimum atomic E-state index is -0.347. The lowest BCUT2D eigenvalue weighted by Gasteiger charge is -2.10. The fourth-order valence-corrected chi connectivity index (χ4v) is 2.37. The summed E-state index contributed by atoms with van der Waals surface area (Å²) in [4.78, 5) is 22.3. The van der Waals surface area contributed by atoms with Gasteiger partial charge >= 0.3 is 0 Å². The van der Waals surface area contributed by atoms with E-state index in [9.17, 15) is 4.79 Å². The SMILES string of the molecule is CC.CNC(=O)/C(=N/OC)c1ccccc1CO/N=C(\C)c1ccc(Cl)cc1. The molecule has 0 aliphatic rings. The van der Waals surface area contributed by atoms with Gasteiger partial charge < -0.3 is 15.0 Å². The number of halogens is 1. The molecular formula is C21H26ClN3O3. The largest absolute Gasteiger partial charge is 0.398 e. The molecule has 0 radical (unpaired) electrons. The molecule has 0 aliphatic heterocycles. The van der Waals surface area contributed by atoms with E-state index in [1.54, 1.807) is 18.2 Å². The van der Waals surface area contributed by atoms with Gasteiger partial charge in [0, 0.05) is 23.2 Å². The van der Waals surface area contributed by atoms with Gasteiger partial charge in [-0.15, -0.1) is 0 Å². The lowest BCUT2D eigenvalue weighted by atomic mass is 10.0. The first-order valence-electron chi connectivity index (χ1n) is 8.90. The van der Waals surface area contributed by atoms with Crippen LogP contribution >= 0.6 is 11.6 Å². The zero-order valence-corrected chi connectivity index (χ0v) is 17.6. The monoisotopic (exact) mass is 403 g/mol. The van der Waals surface area contributed by atoms with Gasteiger partial charge in [-0.2, -0.15) is 0 Å². The first-order valence-corrected chi connectivity index (χ1v) is 9.28. The summed E-state index contributed by atoms with van der Waals surface area (Å²) in [5.41, 5.74) is 3.19. The highest BCUT2D eigenvalue weighted by atomic mass is 35.5. The number of likely N-dealkylation sites (N-methyl/N-ethyl adjacent to an activating group) is 1. The number of hydrogen-bond acceptors (Lipinski definition) is 5. The summed E-state index contributed by atoms with van der Waals surface area (Å²) >= 11 is 5.89. The molecule has 6 nitrogen and oxygen atoms in total. The quantitative estimate of drug-likeness (QED) is 0.550. The maximum atomic E-state index is 12.0. The number of nitrogens with zero attached hydrogens (tertiary/aromatic N) is 2. The normalized spacial score (nSPS) is 11.2. The smallest absolute Gasteiger partial charge is 0.273 e. The zero-order valence-electron chi connectivity index (χ0n) is 16.8. The Kier molecular flexibility index (Phi) is 10.4. The molecule has 2 rings (SSSR count). The first-order chi connectivity index (χ1) is 13.6. The number of carbonyl (C=O) groups is 1. The third-order valence-electron chi connectivity index (χ3n) is 3.58. The molecule has 0 aliphatic carbocycles. The number of oxime groups is 2. The number of nitrogens with one attached hydrogen (secondary N) is 1. The van der Waals surface area contributed by atoms with E-state index in [0.29, 0.717) is 10.6 Å². The van der Waals surface area contributed by atoms with Crippen LogP contribution in [0, 0.1) is 0 Å². The van der Waals surface area contributed by atoms with Crippen molar-refractivity contribution in [2.24, 2.45) is 10.3 Å². The van der Waals surface area contributed by atoms with Gasteiger partial charge in [-0.25, -0.2) is 0 Å². The Labute approximate surface area is 171 Å². The van der Waals surface area contributed by atoms with Crippen molar-refractivity contribution < 1.29 is 14.5 Å². The number of rotatable bonds is 7.